The SMILES string of the molecule is CC(C)(C)c1cc(C2=C(c3cc(C(C)(C)C)c(O)c(C(C)(C)C)c3)C2=C(C#N)C#N)cc(C(C)(C)C)c1O. The summed E-state index contributed by atoms with van der Waals surface area (Å²) in [5.74, 6) is 0.579. The zero-order chi connectivity index (χ0) is 29.2. The van der Waals surface area contributed by atoms with Crippen molar-refractivity contribution in [3.8, 4) is 23.6 Å². The average Bonchev–Trinajstić information content (AvgIpc) is 3.47. The number of rotatable bonds is 2. The fraction of sp³-hybridized carbons (Fsp3) is 0.471. The standard InChI is InChI=1S/C34H42N2O2/c1-31(2,3)22-13-19(14-23(29(22)37)32(4,5)6)26-27(28(26)21(17-35)18-36)20-15-24(33(7,8)9)30(38)25(16-20)34(10,11)12/h13-16,37-38H,1-12H3. The summed E-state index contributed by atoms with van der Waals surface area (Å²) in [6.07, 6.45) is 0. The first-order chi connectivity index (χ1) is 17.1. The maximum atomic E-state index is 11.3. The molecule has 0 saturated heterocycles. The molecular weight excluding hydrogens is 468 g/mol. The summed E-state index contributed by atoms with van der Waals surface area (Å²) < 4.78 is 0. The van der Waals surface area contributed by atoms with Gasteiger partial charge in [-0.05, 0) is 57.1 Å². The minimum Gasteiger partial charge on any atom is -0.507 e. The van der Waals surface area contributed by atoms with Gasteiger partial charge < -0.3 is 10.2 Å². The van der Waals surface area contributed by atoms with Crippen molar-refractivity contribution in [3.05, 3.63) is 68.8 Å². The Morgan fingerprint density at radius 1 is 0.526 bits per heavy atom. The number of nitriles is 2. The zero-order valence-electron chi connectivity index (χ0n) is 25.1. The van der Waals surface area contributed by atoms with E-state index in [1.807, 2.05) is 24.3 Å². The molecule has 3 rings (SSSR count). The molecule has 1 aliphatic carbocycles. The molecule has 200 valence electrons. The summed E-state index contributed by atoms with van der Waals surface area (Å²) in [5, 5.41) is 42.2. The number of hydrogen-bond donors (Lipinski definition) is 2. The summed E-state index contributed by atoms with van der Waals surface area (Å²) in [7, 11) is 0. The molecule has 0 aliphatic heterocycles. The Hall–Kier alpha value is -3.50. The zero-order valence-corrected chi connectivity index (χ0v) is 25.1. The van der Waals surface area contributed by atoms with E-state index in [-0.39, 0.29) is 38.7 Å². The predicted molar refractivity (Wildman–Crippen MR) is 156 cm³/mol. The lowest BCUT2D eigenvalue weighted by atomic mass is 9.78. The smallest absolute Gasteiger partial charge is 0.138 e. The third-order valence-electron chi connectivity index (χ3n) is 7.19. The monoisotopic (exact) mass is 510 g/mol. The molecule has 0 bridgehead atoms. The van der Waals surface area contributed by atoms with Gasteiger partial charge in [-0.2, -0.15) is 10.5 Å². The average molecular weight is 511 g/mol. The van der Waals surface area contributed by atoms with Crippen LogP contribution < -0.4 is 0 Å². The Morgan fingerprint density at radius 2 is 0.763 bits per heavy atom. The van der Waals surface area contributed by atoms with Gasteiger partial charge in [0, 0.05) is 39.0 Å². The summed E-state index contributed by atoms with van der Waals surface area (Å²) in [6.45, 7) is 24.8. The number of phenolic OH excluding ortho intramolecular Hbond substituents is 2. The molecule has 0 radical (unpaired) electrons. The van der Waals surface area contributed by atoms with Crippen LogP contribution in [0.2, 0.25) is 0 Å². The number of phenols is 2. The maximum absolute atomic E-state index is 11.3. The van der Waals surface area contributed by atoms with Crippen LogP contribution in [0, 0.1) is 22.7 Å². The summed E-state index contributed by atoms with van der Waals surface area (Å²) in [6, 6.07) is 12.2. The Morgan fingerprint density at radius 3 is 0.947 bits per heavy atom. The van der Waals surface area contributed by atoms with Crippen LogP contribution in [0.5, 0.6) is 11.5 Å². The number of aromatic hydroxyl groups is 2. The third kappa shape index (κ3) is 5.23. The highest BCUT2D eigenvalue weighted by Gasteiger charge is 2.39. The van der Waals surface area contributed by atoms with E-state index in [0.717, 1.165) is 44.5 Å². The van der Waals surface area contributed by atoms with Crippen molar-refractivity contribution in [3.63, 3.8) is 0 Å². The van der Waals surface area contributed by atoms with Gasteiger partial charge in [-0.15, -0.1) is 0 Å². The topological polar surface area (TPSA) is 88.0 Å². The van der Waals surface area contributed by atoms with Crippen LogP contribution in [0.3, 0.4) is 0 Å². The van der Waals surface area contributed by atoms with E-state index in [2.05, 4.69) is 95.2 Å². The molecule has 2 N–H and O–H groups in total. The number of hydrogen-bond acceptors (Lipinski definition) is 4. The molecule has 0 unspecified atom stereocenters. The van der Waals surface area contributed by atoms with E-state index in [0.29, 0.717) is 5.57 Å². The molecule has 0 amide bonds. The van der Waals surface area contributed by atoms with Crippen molar-refractivity contribution in [1.29, 1.82) is 10.5 Å². The van der Waals surface area contributed by atoms with Crippen molar-refractivity contribution in [2.24, 2.45) is 0 Å². The maximum Gasteiger partial charge on any atom is 0.138 e. The van der Waals surface area contributed by atoms with E-state index < -0.39 is 0 Å². The van der Waals surface area contributed by atoms with Gasteiger partial charge in [0.1, 0.15) is 29.2 Å². The van der Waals surface area contributed by atoms with Crippen LogP contribution in [0.1, 0.15) is 116 Å². The van der Waals surface area contributed by atoms with Gasteiger partial charge in [-0.3, -0.25) is 0 Å². The minimum absolute atomic E-state index is 0.0698. The molecular formula is C34H42N2O2. The van der Waals surface area contributed by atoms with E-state index in [4.69, 9.17) is 0 Å². The first-order valence-electron chi connectivity index (χ1n) is 13.2. The molecule has 0 atom stereocenters. The minimum atomic E-state index is -0.315. The normalized spacial score (nSPS) is 14.3. The Kier molecular flexibility index (Phi) is 6.93. The van der Waals surface area contributed by atoms with Gasteiger partial charge in [-0.25, -0.2) is 0 Å². The van der Waals surface area contributed by atoms with Crippen LogP contribution in [0.4, 0.5) is 0 Å². The molecule has 0 aromatic heterocycles. The highest BCUT2D eigenvalue weighted by Crippen LogP contribution is 2.57. The summed E-state index contributed by atoms with van der Waals surface area (Å²) in [5.41, 5.74) is 6.22. The molecule has 0 spiro atoms. The fourth-order valence-corrected chi connectivity index (χ4v) is 5.00. The van der Waals surface area contributed by atoms with Gasteiger partial charge in [0.15, 0.2) is 0 Å². The highest BCUT2D eigenvalue weighted by atomic mass is 16.3. The van der Waals surface area contributed by atoms with Crippen LogP contribution in [0.25, 0.3) is 11.1 Å². The molecule has 0 saturated carbocycles. The Bertz CT molecular complexity index is 1280. The van der Waals surface area contributed by atoms with E-state index in [9.17, 15) is 20.7 Å². The van der Waals surface area contributed by atoms with Crippen molar-refractivity contribution in [2.45, 2.75) is 105 Å². The summed E-state index contributed by atoms with van der Waals surface area (Å²) in [4.78, 5) is 0. The van der Waals surface area contributed by atoms with Gasteiger partial charge in [-0.1, -0.05) is 83.1 Å². The molecule has 1 aliphatic rings. The first-order valence-corrected chi connectivity index (χ1v) is 13.2. The quantitative estimate of drug-likeness (QED) is 0.396. The van der Waals surface area contributed by atoms with E-state index in [1.165, 1.54) is 0 Å². The molecule has 2 aromatic rings. The molecule has 4 nitrogen and oxygen atoms in total. The van der Waals surface area contributed by atoms with Crippen molar-refractivity contribution in [1.82, 2.24) is 0 Å². The van der Waals surface area contributed by atoms with Crippen molar-refractivity contribution >= 4 is 11.1 Å². The van der Waals surface area contributed by atoms with Crippen molar-refractivity contribution in [2.75, 3.05) is 0 Å². The number of benzene rings is 2. The lowest BCUT2D eigenvalue weighted by Gasteiger charge is -2.28. The van der Waals surface area contributed by atoms with Gasteiger partial charge >= 0.3 is 0 Å². The third-order valence-corrected chi connectivity index (χ3v) is 7.19. The fourth-order valence-electron chi connectivity index (χ4n) is 5.00. The van der Waals surface area contributed by atoms with Crippen LogP contribution in [0.15, 0.2) is 35.4 Å². The lowest BCUT2D eigenvalue weighted by molar-refractivity contribution is 0.422. The Balaban J connectivity index is 2.49. The number of allylic oxidation sites excluding steroid dienone is 4. The second kappa shape index (κ2) is 9.06. The largest absolute Gasteiger partial charge is 0.507 e. The lowest BCUT2D eigenvalue weighted by Crippen LogP contribution is -2.17. The highest BCUT2D eigenvalue weighted by molar-refractivity contribution is 6.27. The first kappa shape index (κ1) is 29.1. The van der Waals surface area contributed by atoms with Crippen LogP contribution in [-0.4, -0.2) is 10.2 Å². The van der Waals surface area contributed by atoms with Gasteiger partial charge in [0.25, 0.3) is 0 Å². The molecule has 2 aromatic carbocycles. The van der Waals surface area contributed by atoms with Gasteiger partial charge in [0.2, 0.25) is 0 Å². The van der Waals surface area contributed by atoms with Crippen molar-refractivity contribution < 1.29 is 10.2 Å². The van der Waals surface area contributed by atoms with Crippen LogP contribution >= 0.6 is 0 Å². The van der Waals surface area contributed by atoms with Gasteiger partial charge in [0.05, 0.1) is 0 Å². The number of nitrogens with zero attached hydrogens (tertiary/aromatic N) is 2. The molecule has 4 heteroatoms. The molecule has 0 fully saturated rings. The van der Waals surface area contributed by atoms with E-state index in [1.54, 1.807) is 0 Å². The second-order valence-corrected chi connectivity index (χ2v) is 14.6. The Labute approximate surface area is 229 Å². The second-order valence-electron chi connectivity index (χ2n) is 14.6. The van der Waals surface area contributed by atoms with E-state index >= 15 is 0 Å². The predicted octanol–water partition coefficient (Wildman–Crippen LogP) is 8.56. The summed E-state index contributed by atoms with van der Waals surface area (Å²) >= 11 is 0. The molecule has 38 heavy (non-hydrogen) atoms. The van der Waals surface area contributed by atoms with Crippen LogP contribution in [-0.2, 0) is 21.7 Å². The molecule has 0 heterocycles.